The first kappa shape index (κ1) is 19.8. The lowest BCUT2D eigenvalue weighted by atomic mass is 10.1. The number of nitrogens with zero attached hydrogens (tertiary/aromatic N) is 6. The van der Waals surface area contributed by atoms with E-state index in [1.165, 1.54) is 11.6 Å². The Balaban J connectivity index is 1.68. The number of rotatable bonds is 4. The lowest BCUT2D eigenvalue weighted by Crippen LogP contribution is -2.49. The molecule has 0 spiro atoms. The molecule has 1 fully saturated rings. The smallest absolute Gasteiger partial charge is 0.357 e. The molecule has 0 bridgehead atoms. The first-order chi connectivity index (χ1) is 14.4. The lowest BCUT2D eigenvalue weighted by molar-refractivity contribution is -0.385. The SMILES string of the molecule is CNc1nsnc1C(=O)N1CCN(c2c([N+](=O)[O-])c(=O)n(C)c3ccccc23)CC1. The fourth-order valence-corrected chi connectivity index (χ4v) is 4.27. The summed E-state index contributed by atoms with van der Waals surface area (Å²) in [5, 5.41) is 15.2. The minimum Gasteiger partial charge on any atom is -0.370 e. The van der Waals surface area contributed by atoms with Crippen molar-refractivity contribution in [3.05, 3.63) is 50.4 Å². The number of carbonyl (C=O) groups excluding carboxylic acids is 1. The van der Waals surface area contributed by atoms with Gasteiger partial charge in [-0.2, -0.15) is 8.75 Å². The second-order valence-electron chi connectivity index (χ2n) is 6.83. The van der Waals surface area contributed by atoms with Crippen molar-refractivity contribution < 1.29 is 9.72 Å². The number of piperazine rings is 1. The number of hydrogen-bond acceptors (Lipinski definition) is 9. The van der Waals surface area contributed by atoms with Crippen LogP contribution in [0, 0.1) is 10.1 Å². The Hall–Kier alpha value is -3.54. The molecular weight excluding hydrogens is 410 g/mol. The lowest BCUT2D eigenvalue weighted by Gasteiger charge is -2.36. The number of amides is 1. The molecule has 1 saturated heterocycles. The van der Waals surface area contributed by atoms with E-state index in [1.807, 2.05) is 4.90 Å². The van der Waals surface area contributed by atoms with Gasteiger partial charge >= 0.3 is 11.2 Å². The molecule has 0 aliphatic carbocycles. The number of anilines is 2. The predicted molar refractivity (Wildman–Crippen MR) is 113 cm³/mol. The summed E-state index contributed by atoms with van der Waals surface area (Å²) in [6.07, 6.45) is 0. The van der Waals surface area contributed by atoms with Gasteiger partial charge in [-0.15, -0.1) is 0 Å². The maximum absolute atomic E-state index is 12.8. The highest BCUT2D eigenvalue weighted by atomic mass is 32.1. The van der Waals surface area contributed by atoms with Crippen LogP contribution in [0.5, 0.6) is 0 Å². The Kier molecular flexibility index (Phi) is 5.08. The second-order valence-corrected chi connectivity index (χ2v) is 7.35. The van der Waals surface area contributed by atoms with Gasteiger partial charge in [-0.05, 0) is 6.07 Å². The normalized spacial score (nSPS) is 14.2. The molecule has 0 radical (unpaired) electrons. The molecule has 0 atom stereocenters. The number of para-hydroxylation sites is 1. The monoisotopic (exact) mass is 429 g/mol. The summed E-state index contributed by atoms with van der Waals surface area (Å²) in [6, 6.07) is 7.11. The Morgan fingerprint density at radius 2 is 1.90 bits per heavy atom. The minimum atomic E-state index is -0.653. The van der Waals surface area contributed by atoms with E-state index in [2.05, 4.69) is 14.1 Å². The molecule has 0 saturated carbocycles. The van der Waals surface area contributed by atoms with Crippen molar-refractivity contribution in [1.82, 2.24) is 18.2 Å². The van der Waals surface area contributed by atoms with Crippen LogP contribution in [0.2, 0.25) is 0 Å². The highest BCUT2D eigenvalue weighted by Crippen LogP contribution is 2.34. The van der Waals surface area contributed by atoms with E-state index in [0.717, 1.165) is 11.7 Å². The molecule has 1 N–H and O–H groups in total. The number of nitro groups is 1. The zero-order valence-electron chi connectivity index (χ0n) is 16.4. The molecule has 156 valence electrons. The zero-order chi connectivity index (χ0) is 21.4. The van der Waals surface area contributed by atoms with E-state index in [0.29, 0.717) is 48.6 Å². The van der Waals surface area contributed by atoms with Gasteiger partial charge in [-0.25, -0.2) is 0 Å². The minimum absolute atomic E-state index is 0.240. The van der Waals surface area contributed by atoms with E-state index in [1.54, 1.807) is 36.2 Å². The van der Waals surface area contributed by atoms with Crippen molar-refractivity contribution in [2.75, 3.05) is 43.4 Å². The van der Waals surface area contributed by atoms with Crippen LogP contribution in [0.25, 0.3) is 10.9 Å². The molecule has 1 aromatic carbocycles. The molecule has 3 aromatic rings. The molecule has 1 aliphatic heterocycles. The van der Waals surface area contributed by atoms with Crippen molar-refractivity contribution >= 4 is 45.7 Å². The van der Waals surface area contributed by atoms with Crippen molar-refractivity contribution in [3.63, 3.8) is 0 Å². The summed E-state index contributed by atoms with van der Waals surface area (Å²) >= 11 is 0.958. The first-order valence-electron chi connectivity index (χ1n) is 9.24. The van der Waals surface area contributed by atoms with Crippen molar-refractivity contribution in [2.24, 2.45) is 7.05 Å². The van der Waals surface area contributed by atoms with Crippen LogP contribution in [0.4, 0.5) is 17.2 Å². The zero-order valence-corrected chi connectivity index (χ0v) is 17.2. The van der Waals surface area contributed by atoms with Crippen LogP contribution < -0.4 is 15.8 Å². The molecule has 1 aliphatic rings. The number of aryl methyl sites for hydroxylation is 1. The number of pyridine rings is 1. The molecule has 2 aromatic heterocycles. The van der Waals surface area contributed by atoms with E-state index in [-0.39, 0.29) is 11.6 Å². The van der Waals surface area contributed by atoms with Crippen LogP contribution >= 0.6 is 11.7 Å². The van der Waals surface area contributed by atoms with Crippen LogP contribution in [-0.4, -0.2) is 62.3 Å². The predicted octanol–water partition coefficient (Wildman–Crippen LogP) is 1.30. The van der Waals surface area contributed by atoms with Gasteiger partial charge in [0.15, 0.2) is 11.5 Å². The summed E-state index contributed by atoms with van der Waals surface area (Å²) in [4.78, 5) is 40.1. The maximum atomic E-state index is 12.8. The van der Waals surface area contributed by atoms with Gasteiger partial charge in [0, 0.05) is 45.7 Å². The fourth-order valence-electron chi connectivity index (χ4n) is 3.72. The highest BCUT2D eigenvalue weighted by Gasteiger charge is 2.32. The largest absolute Gasteiger partial charge is 0.370 e. The molecule has 3 heterocycles. The quantitative estimate of drug-likeness (QED) is 0.486. The highest BCUT2D eigenvalue weighted by molar-refractivity contribution is 6.99. The average molecular weight is 429 g/mol. The van der Waals surface area contributed by atoms with Gasteiger partial charge in [0.05, 0.1) is 22.2 Å². The van der Waals surface area contributed by atoms with Gasteiger partial charge in [-0.3, -0.25) is 19.7 Å². The topological polar surface area (TPSA) is 126 Å². The maximum Gasteiger partial charge on any atom is 0.357 e. The number of hydrogen-bond donors (Lipinski definition) is 1. The third kappa shape index (κ3) is 3.14. The molecule has 30 heavy (non-hydrogen) atoms. The van der Waals surface area contributed by atoms with E-state index < -0.39 is 16.2 Å². The summed E-state index contributed by atoms with van der Waals surface area (Å²) in [5.41, 5.74) is 0.0865. The standard InChI is InChI=1S/C18H19N7O4S/c1-19-16-13(20-30-21-16)17(26)24-9-7-23(8-10-24)14-11-5-3-4-6-12(11)22(2)18(27)15(14)25(28)29/h3-6H,7-10H2,1-2H3,(H,19,21). The molecule has 11 nitrogen and oxygen atoms in total. The van der Waals surface area contributed by atoms with Gasteiger partial charge in [0.2, 0.25) is 0 Å². The van der Waals surface area contributed by atoms with E-state index >= 15 is 0 Å². The van der Waals surface area contributed by atoms with Crippen LogP contribution in [0.15, 0.2) is 29.1 Å². The Bertz CT molecular complexity index is 1200. The third-order valence-corrected chi connectivity index (χ3v) is 5.77. The summed E-state index contributed by atoms with van der Waals surface area (Å²) in [5.74, 6) is 0.191. The summed E-state index contributed by atoms with van der Waals surface area (Å²) < 4.78 is 9.41. The Morgan fingerprint density at radius 1 is 1.20 bits per heavy atom. The molecule has 0 unspecified atom stereocenters. The van der Waals surface area contributed by atoms with Crippen LogP contribution in [-0.2, 0) is 7.05 Å². The van der Waals surface area contributed by atoms with Gasteiger partial charge < -0.3 is 19.7 Å². The number of fused-ring (bicyclic) bond motifs is 1. The number of carbonyl (C=O) groups is 1. The first-order valence-corrected chi connectivity index (χ1v) is 9.97. The third-order valence-electron chi connectivity index (χ3n) is 5.25. The molecule has 12 heteroatoms. The Labute approximate surface area is 175 Å². The van der Waals surface area contributed by atoms with Gasteiger partial charge in [0.1, 0.15) is 5.69 Å². The van der Waals surface area contributed by atoms with Crippen LogP contribution in [0.1, 0.15) is 10.5 Å². The number of benzene rings is 1. The van der Waals surface area contributed by atoms with Crippen LogP contribution in [0.3, 0.4) is 0 Å². The molecule has 1 amide bonds. The van der Waals surface area contributed by atoms with E-state index in [4.69, 9.17) is 0 Å². The summed E-state index contributed by atoms with van der Waals surface area (Å²) in [7, 11) is 3.20. The van der Waals surface area contributed by atoms with E-state index in [9.17, 15) is 19.7 Å². The number of nitrogens with one attached hydrogen (secondary N) is 1. The second kappa shape index (κ2) is 7.71. The van der Waals surface area contributed by atoms with Crippen molar-refractivity contribution in [3.8, 4) is 0 Å². The average Bonchev–Trinajstić information content (AvgIpc) is 3.24. The Morgan fingerprint density at radius 3 is 2.57 bits per heavy atom. The fraction of sp³-hybridized carbons (Fsp3) is 0.333. The number of aromatic nitrogens is 3. The van der Waals surface area contributed by atoms with Gasteiger partial charge in [0.25, 0.3) is 5.91 Å². The molecule has 4 rings (SSSR count). The summed E-state index contributed by atoms with van der Waals surface area (Å²) in [6.45, 7) is 1.41. The van der Waals surface area contributed by atoms with Gasteiger partial charge in [-0.1, -0.05) is 18.2 Å². The van der Waals surface area contributed by atoms with Crippen molar-refractivity contribution in [2.45, 2.75) is 0 Å². The van der Waals surface area contributed by atoms with Crippen molar-refractivity contribution in [1.29, 1.82) is 0 Å². The molecular formula is C18H19N7O4S.